The SMILES string of the molecule is NC(=O)N[C@@H](CC(=O)OCc1coc(-c2cccs2)n1)c1ccccc1. The number of hydrogen-bond acceptors (Lipinski definition) is 6. The quantitative estimate of drug-likeness (QED) is 0.620. The van der Waals surface area contributed by atoms with E-state index in [1.807, 2.05) is 35.7 Å². The first-order valence-corrected chi connectivity index (χ1v) is 8.74. The fraction of sp³-hybridized carbons (Fsp3) is 0.167. The molecular weight excluding hydrogens is 354 g/mol. The molecule has 2 aromatic heterocycles. The average molecular weight is 371 g/mol. The molecule has 3 rings (SSSR count). The summed E-state index contributed by atoms with van der Waals surface area (Å²) in [6.07, 6.45) is 1.42. The number of esters is 1. The van der Waals surface area contributed by atoms with Crippen LogP contribution in [-0.2, 0) is 16.1 Å². The lowest BCUT2D eigenvalue weighted by atomic mass is 10.0. The zero-order valence-electron chi connectivity index (χ0n) is 13.8. The van der Waals surface area contributed by atoms with Gasteiger partial charge in [-0.05, 0) is 17.0 Å². The number of urea groups is 1. The van der Waals surface area contributed by atoms with Gasteiger partial charge in [0.15, 0.2) is 0 Å². The molecule has 0 radical (unpaired) electrons. The van der Waals surface area contributed by atoms with Crippen molar-refractivity contribution in [2.24, 2.45) is 5.73 Å². The number of oxazole rings is 1. The molecule has 7 nitrogen and oxygen atoms in total. The third-order valence-electron chi connectivity index (χ3n) is 3.55. The van der Waals surface area contributed by atoms with Gasteiger partial charge in [-0.25, -0.2) is 9.78 Å². The van der Waals surface area contributed by atoms with E-state index in [4.69, 9.17) is 14.9 Å². The topological polar surface area (TPSA) is 107 Å². The third-order valence-corrected chi connectivity index (χ3v) is 4.41. The number of nitrogens with one attached hydrogen (secondary N) is 1. The molecule has 0 saturated carbocycles. The van der Waals surface area contributed by atoms with Crippen LogP contribution in [-0.4, -0.2) is 17.0 Å². The number of nitrogens with zero attached hydrogens (tertiary/aromatic N) is 1. The Morgan fingerprint density at radius 3 is 2.73 bits per heavy atom. The van der Waals surface area contributed by atoms with Crippen LogP contribution in [0.3, 0.4) is 0 Å². The summed E-state index contributed by atoms with van der Waals surface area (Å²) in [6.45, 7) is -0.00815. The summed E-state index contributed by atoms with van der Waals surface area (Å²) < 4.78 is 10.6. The molecule has 0 fully saturated rings. The van der Waals surface area contributed by atoms with E-state index in [9.17, 15) is 9.59 Å². The Balaban J connectivity index is 1.57. The highest BCUT2D eigenvalue weighted by atomic mass is 32.1. The van der Waals surface area contributed by atoms with E-state index in [1.165, 1.54) is 17.6 Å². The van der Waals surface area contributed by atoms with Crippen LogP contribution >= 0.6 is 11.3 Å². The number of rotatable bonds is 7. The number of nitrogens with two attached hydrogens (primary N) is 1. The van der Waals surface area contributed by atoms with E-state index < -0.39 is 18.0 Å². The minimum atomic E-state index is -0.705. The van der Waals surface area contributed by atoms with Gasteiger partial charge in [-0.1, -0.05) is 36.4 Å². The Kier molecular flexibility index (Phi) is 5.65. The molecule has 0 unspecified atom stereocenters. The predicted molar refractivity (Wildman–Crippen MR) is 96.1 cm³/mol. The lowest BCUT2D eigenvalue weighted by Crippen LogP contribution is -2.34. The second-order valence-electron chi connectivity index (χ2n) is 5.46. The van der Waals surface area contributed by atoms with Crippen molar-refractivity contribution in [1.29, 1.82) is 0 Å². The van der Waals surface area contributed by atoms with Crippen LogP contribution in [0.15, 0.2) is 58.5 Å². The number of aromatic nitrogens is 1. The standard InChI is InChI=1S/C18H17N3O4S/c19-18(23)21-14(12-5-2-1-3-6-12)9-16(22)24-10-13-11-25-17(20-13)15-7-4-8-26-15/h1-8,11,14H,9-10H2,(H3,19,21,23)/t14-/m0/s1. The van der Waals surface area contributed by atoms with Crippen LogP contribution in [0.4, 0.5) is 4.79 Å². The summed E-state index contributed by atoms with van der Waals surface area (Å²) in [5, 5.41) is 4.48. The number of ether oxygens (including phenoxy) is 1. The highest BCUT2D eigenvalue weighted by Crippen LogP contribution is 2.24. The highest BCUT2D eigenvalue weighted by Gasteiger charge is 2.19. The van der Waals surface area contributed by atoms with Gasteiger partial charge in [0.25, 0.3) is 0 Å². The van der Waals surface area contributed by atoms with Gasteiger partial charge < -0.3 is 20.2 Å². The van der Waals surface area contributed by atoms with Gasteiger partial charge in [-0.3, -0.25) is 4.79 Å². The Morgan fingerprint density at radius 2 is 2.04 bits per heavy atom. The van der Waals surface area contributed by atoms with E-state index in [0.29, 0.717) is 11.6 Å². The molecule has 0 spiro atoms. The van der Waals surface area contributed by atoms with Crippen molar-refractivity contribution in [1.82, 2.24) is 10.3 Å². The number of amides is 2. The third kappa shape index (κ3) is 4.70. The highest BCUT2D eigenvalue weighted by molar-refractivity contribution is 7.13. The molecule has 3 aromatic rings. The van der Waals surface area contributed by atoms with Crippen LogP contribution in [0.2, 0.25) is 0 Å². The largest absolute Gasteiger partial charge is 0.459 e. The maximum absolute atomic E-state index is 12.1. The molecular formula is C18H17N3O4S. The first-order valence-electron chi connectivity index (χ1n) is 7.86. The Morgan fingerprint density at radius 1 is 1.23 bits per heavy atom. The van der Waals surface area contributed by atoms with Gasteiger partial charge >= 0.3 is 12.0 Å². The zero-order chi connectivity index (χ0) is 18.4. The van der Waals surface area contributed by atoms with Gasteiger partial charge in [-0.2, -0.15) is 0 Å². The summed E-state index contributed by atoms with van der Waals surface area (Å²) in [6, 6.07) is 11.6. The van der Waals surface area contributed by atoms with E-state index in [0.717, 1.165) is 10.4 Å². The summed E-state index contributed by atoms with van der Waals surface area (Å²) in [7, 11) is 0. The van der Waals surface area contributed by atoms with Crippen LogP contribution in [0.25, 0.3) is 10.8 Å². The molecule has 8 heteroatoms. The fourth-order valence-corrected chi connectivity index (χ4v) is 3.03. The monoisotopic (exact) mass is 371 g/mol. The van der Waals surface area contributed by atoms with Crippen molar-refractivity contribution in [2.45, 2.75) is 19.1 Å². The molecule has 0 bridgehead atoms. The molecule has 26 heavy (non-hydrogen) atoms. The normalized spacial score (nSPS) is 11.7. The van der Waals surface area contributed by atoms with E-state index >= 15 is 0 Å². The fourth-order valence-electron chi connectivity index (χ4n) is 2.38. The lowest BCUT2D eigenvalue weighted by molar-refractivity contribution is -0.145. The summed E-state index contributed by atoms with van der Waals surface area (Å²) in [4.78, 5) is 28.5. The van der Waals surface area contributed by atoms with Crippen LogP contribution in [0, 0.1) is 0 Å². The molecule has 134 valence electrons. The first kappa shape index (κ1) is 17.7. The smallest absolute Gasteiger partial charge is 0.312 e. The lowest BCUT2D eigenvalue weighted by Gasteiger charge is -2.17. The van der Waals surface area contributed by atoms with Crippen molar-refractivity contribution in [3.63, 3.8) is 0 Å². The minimum absolute atomic E-state index is 0.00815. The second-order valence-corrected chi connectivity index (χ2v) is 6.41. The number of benzene rings is 1. The van der Waals surface area contributed by atoms with Crippen LogP contribution in [0.1, 0.15) is 23.7 Å². The molecule has 0 saturated heterocycles. The molecule has 0 aliphatic rings. The molecule has 2 amide bonds. The molecule has 1 atom stereocenters. The predicted octanol–water partition coefficient (Wildman–Crippen LogP) is 3.25. The van der Waals surface area contributed by atoms with E-state index in [1.54, 1.807) is 12.1 Å². The zero-order valence-corrected chi connectivity index (χ0v) is 14.6. The van der Waals surface area contributed by atoms with Crippen molar-refractivity contribution in [3.8, 4) is 10.8 Å². The van der Waals surface area contributed by atoms with Gasteiger partial charge in [0.1, 0.15) is 18.6 Å². The van der Waals surface area contributed by atoms with Crippen molar-refractivity contribution in [3.05, 3.63) is 65.4 Å². The minimum Gasteiger partial charge on any atom is -0.459 e. The molecule has 1 aromatic carbocycles. The van der Waals surface area contributed by atoms with Crippen molar-refractivity contribution >= 4 is 23.3 Å². The Labute approximate surface area is 153 Å². The maximum atomic E-state index is 12.1. The Hall–Kier alpha value is -3.13. The van der Waals surface area contributed by atoms with Gasteiger partial charge in [0.05, 0.1) is 17.3 Å². The number of carbonyl (C=O) groups excluding carboxylic acids is 2. The number of thiophene rings is 1. The van der Waals surface area contributed by atoms with Crippen molar-refractivity contribution in [2.75, 3.05) is 0 Å². The Bertz CT molecular complexity index is 862. The molecule has 0 aliphatic carbocycles. The van der Waals surface area contributed by atoms with Gasteiger partial charge in [0, 0.05) is 0 Å². The van der Waals surface area contributed by atoms with Gasteiger partial charge in [-0.15, -0.1) is 11.3 Å². The first-order chi connectivity index (χ1) is 12.6. The summed E-state index contributed by atoms with van der Waals surface area (Å²) in [5.41, 5.74) is 6.48. The number of primary amides is 1. The van der Waals surface area contributed by atoms with Crippen LogP contribution in [0.5, 0.6) is 0 Å². The molecule has 0 aliphatic heterocycles. The van der Waals surface area contributed by atoms with E-state index in [2.05, 4.69) is 10.3 Å². The maximum Gasteiger partial charge on any atom is 0.312 e. The van der Waals surface area contributed by atoms with Crippen LogP contribution < -0.4 is 11.1 Å². The summed E-state index contributed by atoms with van der Waals surface area (Å²) >= 11 is 1.51. The number of hydrogen-bond donors (Lipinski definition) is 2. The number of carbonyl (C=O) groups is 2. The molecule has 3 N–H and O–H groups in total. The van der Waals surface area contributed by atoms with Crippen molar-refractivity contribution < 1.29 is 18.7 Å². The average Bonchev–Trinajstić information content (AvgIpc) is 3.31. The van der Waals surface area contributed by atoms with Gasteiger partial charge in [0.2, 0.25) is 5.89 Å². The molecule has 2 heterocycles. The van der Waals surface area contributed by atoms with E-state index in [-0.39, 0.29) is 13.0 Å². The second kappa shape index (κ2) is 8.30. The summed E-state index contributed by atoms with van der Waals surface area (Å²) in [5.74, 6) is 0.0110.